The third-order valence-corrected chi connectivity index (χ3v) is 3.39. The van der Waals surface area contributed by atoms with Crippen molar-refractivity contribution in [3.8, 4) is 0 Å². The first-order valence-corrected chi connectivity index (χ1v) is 7.50. The monoisotopic (exact) mass is 320 g/mol. The van der Waals surface area contributed by atoms with E-state index in [2.05, 4.69) is 10.6 Å². The van der Waals surface area contributed by atoms with Crippen molar-refractivity contribution in [2.75, 3.05) is 13.1 Å². The standard InChI is InChI=1S/C16H24N4O3/c1-10(2)14(17)16(23)20-9-13(21)19-7-6-11-4-3-5-12(8-11)15(18)22/h3-5,8,10,14H,6-7,9,17H2,1-2H3,(H2,18,22)(H,19,21)(H,20,23)/t14-/m0/s1. The van der Waals surface area contributed by atoms with Gasteiger partial charge in [0.05, 0.1) is 12.6 Å². The molecule has 23 heavy (non-hydrogen) atoms. The maximum Gasteiger partial charge on any atom is 0.248 e. The zero-order valence-electron chi connectivity index (χ0n) is 13.5. The first-order chi connectivity index (χ1) is 10.8. The Morgan fingerprint density at radius 3 is 2.48 bits per heavy atom. The Morgan fingerprint density at radius 2 is 1.87 bits per heavy atom. The minimum Gasteiger partial charge on any atom is -0.366 e. The molecule has 7 heteroatoms. The van der Waals surface area contributed by atoms with E-state index in [9.17, 15) is 14.4 Å². The molecule has 1 aromatic carbocycles. The number of carbonyl (C=O) groups excluding carboxylic acids is 3. The molecule has 1 atom stereocenters. The van der Waals surface area contributed by atoms with Crippen LogP contribution in [-0.4, -0.2) is 36.9 Å². The van der Waals surface area contributed by atoms with Gasteiger partial charge in [0, 0.05) is 12.1 Å². The molecule has 0 spiro atoms. The number of rotatable bonds is 8. The van der Waals surface area contributed by atoms with E-state index in [1.807, 2.05) is 19.9 Å². The zero-order valence-corrected chi connectivity index (χ0v) is 13.5. The summed E-state index contributed by atoms with van der Waals surface area (Å²) in [5.74, 6) is -1.11. The highest BCUT2D eigenvalue weighted by atomic mass is 16.2. The second-order valence-corrected chi connectivity index (χ2v) is 5.65. The van der Waals surface area contributed by atoms with E-state index >= 15 is 0 Å². The number of benzene rings is 1. The molecule has 3 amide bonds. The summed E-state index contributed by atoms with van der Waals surface area (Å²) >= 11 is 0. The Labute approximate surface area is 135 Å². The number of nitrogens with two attached hydrogens (primary N) is 2. The topological polar surface area (TPSA) is 127 Å². The highest BCUT2D eigenvalue weighted by molar-refractivity contribution is 5.92. The fourth-order valence-corrected chi connectivity index (χ4v) is 1.88. The quantitative estimate of drug-likeness (QED) is 0.517. The predicted octanol–water partition coefficient (Wildman–Crippen LogP) is -0.456. The van der Waals surface area contributed by atoms with Crippen LogP contribution in [0.4, 0.5) is 0 Å². The molecule has 0 aliphatic carbocycles. The molecule has 0 aromatic heterocycles. The Kier molecular flexibility index (Phi) is 7.21. The van der Waals surface area contributed by atoms with Gasteiger partial charge >= 0.3 is 0 Å². The van der Waals surface area contributed by atoms with Gasteiger partial charge in [0.25, 0.3) is 0 Å². The number of carbonyl (C=O) groups is 3. The summed E-state index contributed by atoms with van der Waals surface area (Å²) in [4.78, 5) is 34.4. The summed E-state index contributed by atoms with van der Waals surface area (Å²) in [5.41, 5.74) is 12.2. The summed E-state index contributed by atoms with van der Waals surface area (Å²) in [5, 5.41) is 5.19. The lowest BCUT2D eigenvalue weighted by Crippen LogP contribution is -2.47. The normalized spacial score (nSPS) is 11.8. The largest absolute Gasteiger partial charge is 0.366 e. The smallest absolute Gasteiger partial charge is 0.248 e. The fourth-order valence-electron chi connectivity index (χ4n) is 1.88. The Hall–Kier alpha value is -2.41. The van der Waals surface area contributed by atoms with Gasteiger partial charge in [0.2, 0.25) is 17.7 Å². The Balaban J connectivity index is 2.33. The van der Waals surface area contributed by atoms with E-state index in [4.69, 9.17) is 11.5 Å². The van der Waals surface area contributed by atoms with Crippen molar-refractivity contribution in [1.29, 1.82) is 0 Å². The highest BCUT2D eigenvalue weighted by Gasteiger charge is 2.17. The summed E-state index contributed by atoms with van der Waals surface area (Å²) in [6.45, 7) is 3.96. The van der Waals surface area contributed by atoms with Crippen LogP contribution in [0.15, 0.2) is 24.3 Å². The molecule has 0 saturated heterocycles. The minimum absolute atomic E-state index is 0.00981. The van der Waals surface area contributed by atoms with E-state index in [1.165, 1.54) is 0 Å². The van der Waals surface area contributed by atoms with Crippen molar-refractivity contribution in [3.05, 3.63) is 35.4 Å². The molecule has 7 nitrogen and oxygen atoms in total. The molecule has 0 saturated carbocycles. The predicted molar refractivity (Wildman–Crippen MR) is 87.5 cm³/mol. The van der Waals surface area contributed by atoms with Crippen LogP contribution in [0.1, 0.15) is 29.8 Å². The molecule has 0 unspecified atom stereocenters. The average Bonchev–Trinajstić information content (AvgIpc) is 2.52. The number of amides is 3. The molecule has 1 aromatic rings. The van der Waals surface area contributed by atoms with Gasteiger partial charge in [0.1, 0.15) is 0 Å². The van der Waals surface area contributed by atoms with Crippen molar-refractivity contribution in [3.63, 3.8) is 0 Å². The van der Waals surface area contributed by atoms with Crippen molar-refractivity contribution in [1.82, 2.24) is 10.6 Å². The number of hydrogen-bond donors (Lipinski definition) is 4. The third kappa shape index (κ3) is 6.48. The molecular weight excluding hydrogens is 296 g/mol. The van der Waals surface area contributed by atoms with Gasteiger partial charge in [-0.05, 0) is 30.0 Å². The number of primary amides is 1. The molecular formula is C16H24N4O3. The summed E-state index contributed by atoms with van der Waals surface area (Å²) < 4.78 is 0. The molecule has 6 N–H and O–H groups in total. The minimum atomic E-state index is -0.626. The van der Waals surface area contributed by atoms with Gasteiger partial charge in [-0.15, -0.1) is 0 Å². The fraction of sp³-hybridized carbons (Fsp3) is 0.438. The van der Waals surface area contributed by atoms with Crippen LogP contribution in [0.2, 0.25) is 0 Å². The first-order valence-electron chi connectivity index (χ1n) is 7.50. The SMILES string of the molecule is CC(C)[C@H](N)C(=O)NCC(=O)NCCc1cccc(C(N)=O)c1. The molecule has 126 valence electrons. The average molecular weight is 320 g/mol. The molecule has 0 radical (unpaired) electrons. The van der Waals surface area contributed by atoms with E-state index in [0.29, 0.717) is 18.5 Å². The van der Waals surface area contributed by atoms with Gasteiger partial charge in [-0.1, -0.05) is 26.0 Å². The lowest BCUT2D eigenvalue weighted by molar-refractivity contribution is -0.127. The van der Waals surface area contributed by atoms with Crippen LogP contribution >= 0.6 is 0 Å². The van der Waals surface area contributed by atoms with Crippen LogP contribution in [0.3, 0.4) is 0 Å². The van der Waals surface area contributed by atoms with Crippen LogP contribution in [0.25, 0.3) is 0 Å². The Morgan fingerprint density at radius 1 is 1.17 bits per heavy atom. The summed E-state index contributed by atoms with van der Waals surface area (Å²) in [7, 11) is 0. The van der Waals surface area contributed by atoms with Crippen molar-refractivity contribution < 1.29 is 14.4 Å². The second kappa shape index (κ2) is 8.89. The molecule has 0 aliphatic heterocycles. The van der Waals surface area contributed by atoms with Gasteiger partial charge < -0.3 is 22.1 Å². The maximum atomic E-state index is 11.7. The van der Waals surface area contributed by atoms with Crippen LogP contribution in [0.5, 0.6) is 0 Å². The van der Waals surface area contributed by atoms with Gasteiger partial charge in [-0.2, -0.15) is 0 Å². The van der Waals surface area contributed by atoms with Gasteiger partial charge in [-0.3, -0.25) is 14.4 Å². The number of nitrogens with one attached hydrogen (secondary N) is 2. The number of hydrogen-bond acceptors (Lipinski definition) is 4. The van der Waals surface area contributed by atoms with Crippen LogP contribution < -0.4 is 22.1 Å². The first kappa shape index (κ1) is 18.6. The molecule has 0 bridgehead atoms. The zero-order chi connectivity index (χ0) is 17.4. The van der Waals surface area contributed by atoms with Crippen LogP contribution in [0, 0.1) is 5.92 Å². The molecule has 0 fully saturated rings. The van der Waals surface area contributed by atoms with Crippen molar-refractivity contribution in [2.45, 2.75) is 26.3 Å². The van der Waals surface area contributed by atoms with Crippen molar-refractivity contribution >= 4 is 17.7 Å². The Bertz CT molecular complexity index is 572. The van der Waals surface area contributed by atoms with E-state index in [0.717, 1.165) is 5.56 Å². The highest BCUT2D eigenvalue weighted by Crippen LogP contribution is 2.05. The lowest BCUT2D eigenvalue weighted by Gasteiger charge is -2.15. The van der Waals surface area contributed by atoms with E-state index in [-0.39, 0.29) is 24.3 Å². The summed E-state index contributed by atoms with van der Waals surface area (Å²) in [6.07, 6.45) is 0.562. The lowest BCUT2D eigenvalue weighted by atomic mass is 10.1. The van der Waals surface area contributed by atoms with Crippen LogP contribution in [-0.2, 0) is 16.0 Å². The molecule has 1 rings (SSSR count). The van der Waals surface area contributed by atoms with Crippen molar-refractivity contribution in [2.24, 2.45) is 17.4 Å². The van der Waals surface area contributed by atoms with E-state index < -0.39 is 11.9 Å². The second-order valence-electron chi connectivity index (χ2n) is 5.65. The van der Waals surface area contributed by atoms with Gasteiger partial charge in [-0.25, -0.2) is 0 Å². The molecule has 0 aliphatic rings. The molecule has 0 heterocycles. The van der Waals surface area contributed by atoms with E-state index in [1.54, 1.807) is 18.2 Å². The van der Waals surface area contributed by atoms with Gasteiger partial charge in [0.15, 0.2) is 0 Å². The third-order valence-electron chi connectivity index (χ3n) is 3.39. The maximum absolute atomic E-state index is 11.7. The summed E-state index contributed by atoms with van der Waals surface area (Å²) in [6, 6.07) is 6.29.